The molecule has 1 aliphatic rings. The van der Waals surface area contributed by atoms with Crippen molar-refractivity contribution in [3.05, 3.63) is 24.3 Å². The van der Waals surface area contributed by atoms with E-state index in [2.05, 4.69) is 14.9 Å². The van der Waals surface area contributed by atoms with Crippen LogP contribution in [0.25, 0.3) is 11.0 Å². The number of nitrogens with one attached hydrogen (secondary N) is 1. The Bertz CT molecular complexity index is 833. The van der Waals surface area contributed by atoms with Crippen LogP contribution in [0.5, 0.6) is 0 Å². The smallest absolute Gasteiger partial charge is 0.204 e. The summed E-state index contributed by atoms with van der Waals surface area (Å²) in [6.45, 7) is 6.23. The van der Waals surface area contributed by atoms with Crippen molar-refractivity contribution >= 4 is 35.0 Å². The van der Waals surface area contributed by atoms with Crippen molar-refractivity contribution in [2.45, 2.75) is 39.3 Å². The van der Waals surface area contributed by atoms with Gasteiger partial charge in [-0.2, -0.15) is 0 Å². The Balaban J connectivity index is 0.000000487. The number of nitrogens with zero attached hydrogens (tertiary/aromatic N) is 3. The lowest BCUT2D eigenvalue weighted by atomic mass is 10.1. The molecule has 1 saturated heterocycles. The monoisotopic (exact) mass is 420 g/mol. The second-order valence-corrected chi connectivity index (χ2v) is 6.11. The van der Waals surface area contributed by atoms with Gasteiger partial charge in [0.1, 0.15) is 6.09 Å². The number of likely N-dealkylation sites (tertiary alicyclic amines) is 1. The number of carboxylic acid groups (broad SMARTS) is 3. The molecule has 11 nitrogen and oxygen atoms in total. The molecule has 0 unspecified atom stereocenters. The summed E-state index contributed by atoms with van der Waals surface area (Å²) in [6.07, 6.45) is 0.411. The summed E-state index contributed by atoms with van der Waals surface area (Å²) in [5, 5.41) is 32.1. The number of hydrogen-bond acceptors (Lipinski definition) is 9. The van der Waals surface area contributed by atoms with Gasteiger partial charge in [-0.05, 0) is 25.0 Å². The normalized spacial score (nSPS) is 13.5. The third-order valence-corrected chi connectivity index (χ3v) is 4.26. The van der Waals surface area contributed by atoms with Gasteiger partial charge in [0.15, 0.2) is 0 Å². The standard InChI is InChI=1S/C15H21N5O2.C2H2O4.C2H6/c16-7-10-20-13-4-2-1-3-12(13)18-14(20)17-11-5-8-19(9-6-11)15(21)22;3-1(4)2(5)6;1-2/h1-4,11H,5-10,16H2,(H,17,18)(H,21,22);(H,3,4)(H,5,6);1-2H3/p-3. The first kappa shape index (κ1) is 24.7. The number of imidazole rings is 1. The van der Waals surface area contributed by atoms with E-state index >= 15 is 0 Å². The number of aliphatic carboxylic acids is 2. The predicted molar refractivity (Wildman–Crippen MR) is 104 cm³/mol. The minimum absolute atomic E-state index is 0.212. The fraction of sp³-hybridized carbons (Fsp3) is 0.474. The maximum absolute atomic E-state index is 10.8. The van der Waals surface area contributed by atoms with Crippen LogP contribution in [0, 0.1) is 0 Å². The Morgan fingerprint density at radius 3 is 2.17 bits per heavy atom. The molecule has 0 spiro atoms. The van der Waals surface area contributed by atoms with E-state index < -0.39 is 18.0 Å². The van der Waals surface area contributed by atoms with Crippen molar-refractivity contribution in [3.8, 4) is 0 Å². The molecule has 30 heavy (non-hydrogen) atoms. The first-order valence-corrected chi connectivity index (χ1v) is 9.63. The van der Waals surface area contributed by atoms with E-state index in [0.717, 1.165) is 29.8 Å². The fourth-order valence-electron chi connectivity index (χ4n) is 2.93. The molecule has 1 aromatic heterocycles. The number of rotatable bonds is 4. The lowest BCUT2D eigenvalue weighted by Crippen LogP contribution is -2.48. The van der Waals surface area contributed by atoms with Crippen LogP contribution in [0.15, 0.2) is 24.3 Å². The number of anilines is 1. The van der Waals surface area contributed by atoms with Gasteiger partial charge in [-0.25, -0.2) is 4.98 Å². The molecule has 0 saturated carbocycles. The summed E-state index contributed by atoms with van der Waals surface area (Å²) < 4.78 is 2.08. The first-order chi connectivity index (χ1) is 14.3. The SMILES string of the molecule is CC.NCCn1c(NC2CCN(C(=O)[O-])CC2)nc2ccccc21.O=C([O-])C(=O)[O-]. The number of carbonyl (C=O) groups excluding carboxylic acids is 3. The molecule has 0 aliphatic carbocycles. The Hall–Kier alpha value is -3.34. The van der Waals surface area contributed by atoms with E-state index in [1.54, 1.807) is 0 Å². The maximum Gasteiger partial charge on any atom is 0.204 e. The predicted octanol–water partition coefficient (Wildman–Crippen LogP) is -2.27. The van der Waals surface area contributed by atoms with E-state index in [1.807, 2.05) is 38.1 Å². The van der Waals surface area contributed by atoms with Gasteiger partial charge in [0.05, 0.1) is 23.0 Å². The average molecular weight is 420 g/mol. The number of amides is 1. The Labute approximate surface area is 174 Å². The third-order valence-electron chi connectivity index (χ3n) is 4.26. The van der Waals surface area contributed by atoms with Crippen LogP contribution in [0.1, 0.15) is 26.7 Å². The van der Waals surface area contributed by atoms with Crippen LogP contribution in [-0.2, 0) is 16.1 Å². The number of carboxylic acids is 2. The van der Waals surface area contributed by atoms with Gasteiger partial charge in [0.25, 0.3) is 0 Å². The molecule has 2 aromatic rings. The molecule has 1 aromatic carbocycles. The molecule has 0 radical (unpaired) electrons. The van der Waals surface area contributed by atoms with Gasteiger partial charge < -0.3 is 50.2 Å². The Morgan fingerprint density at radius 2 is 1.67 bits per heavy atom. The van der Waals surface area contributed by atoms with Crippen LogP contribution in [0.2, 0.25) is 0 Å². The van der Waals surface area contributed by atoms with E-state index in [-0.39, 0.29) is 6.04 Å². The summed E-state index contributed by atoms with van der Waals surface area (Å²) >= 11 is 0. The quantitative estimate of drug-likeness (QED) is 0.515. The molecule has 1 fully saturated rings. The maximum atomic E-state index is 10.8. The van der Waals surface area contributed by atoms with Gasteiger partial charge in [-0.15, -0.1) is 0 Å². The first-order valence-electron chi connectivity index (χ1n) is 9.63. The number of piperidine rings is 1. The fourth-order valence-corrected chi connectivity index (χ4v) is 2.93. The van der Waals surface area contributed by atoms with Crippen molar-refractivity contribution in [1.82, 2.24) is 14.5 Å². The lowest BCUT2D eigenvalue weighted by Gasteiger charge is -2.34. The minimum Gasteiger partial charge on any atom is -0.543 e. The van der Waals surface area contributed by atoms with Crippen molar-refractivity contribution in [1.29, 1.82) is 0 Å². The number of para-hydroxylation sites is 2. The molecule has 166 valence electrons. The van der Waals surface area contributed by atoms with E-state index in [9.17, 15) is 9.90 Å². The van der Waals surface area contributed by atoms with Crippen molar-refractivity contribution in [3.63, 3.8) is 0 Å². The summed E-state index contributed by atoms with van der Waals surface area (Å²) in [5.74, 6) is -3.57. The molecule has 3 N–H and O–H groups in total. The number of nitrogens with two attached hydrogens (primary N) is 1. The molecule has 1 aliphatic heterocycles. The Kier molecular flexibility index (Phi) is 10.1. The number of benzene rings is 1. The summed E-state index contributed by atoms with van der Waals surface area (Å²) in [6, 6.07) is 8.17. The van der Waals surface area contributed by atoms with E-state index in [0.29, 0.717) is 26.2 Å². The lowest BCUT2D eigenvalue weighted by molar-refractivity contribution is -0.345. The van der Waals surface area contributed by atoms with Crippen LogP contribution < -0.4 is 26.4 Å². The van der Waals surface area contributed by atoms with Crippen molar-refractivity contribution in [2.24, 2.45) is 5.73 Å². The number of aromatic nitrogens is 2. The minimum atomic E-state index is -2.19. The number of hydrogen-bond donors (Lipinski definition) is 2. The zero-order chi connectivity index (χ0) is 22.7. The number of fused-ring (bicyclic) bond motifs is 1. The third kappa shape index (κ3) is 6.92. The zero-order valence-electron chi connectivity index (χ0n) is 17.0. The van der Waals surface area contributed by atoms with Crippen LogP contribution >= 0.6 is 0 Å². The Morgan fingerprint density at radius 1 is 1.10 bits per heavy atom. The van der Waals surface area contributed by atoms with Gasteiger partial charge >= 0.3 is 0 Å². The molecule has 2 heterocycles. The summed E-state index contributed by atoms with van der Waals surface area (Å²) in [5.41, 5.74) is 7.70. The van der Waals surface area contributed by atoms with Crippen molar-refractivity contribution < 1.29 is 29.7 Å². The molecule has 11 heteroatoms. The highest BCUT2D eigenvalue weighted by atomic mass is 16.4. The molecule has 3 rings (SSSR count). The van der Waals surface area contributed by atoms with Gasteiger partial charge in [-0.3, -0.25) is 0 Å². The molecule has 1 amide bonds. The second-order valence-electron chi connectivity index (χ2n) is 6.11. The topological polar surface area (TPSA) is 180 Å². The van der Waals surface area contributed by atoms with Crippen molar-refractivity contribution in [2.75, 3.05) is 25.0 Å². The van der Waals surface area contributed by atoms with E-state index in [1.165, 1.54) is 4.90 Å². The molecular weight excluding hydrogens is 394 g/mol. The van der Waals surface area contributed by atoms with Crippen LogP contribution in [0.3, 0.4) is 0 Å². The highest BCUT2D eigenvalue weighted by molar-refractivity contribution is 6.25. The van der Waals surface area contributed by atoms with Gasteiger partial charge in [-0.1, -0.05) is 26.0 Å². The summed E-state index contributed by atoms with van der Waals surface area (Å²) in [7, 11) is 0. The van der Waals surface area contributed by atoms with Gasteiger partial charge in [0.2, 0.25) is 5.95 Å². The van der Waals surface area contributed by atoms with E-state index in [4.69, 9.17) is 25.5 Å². The van der Waals surface area contributed by atoms with Crippen LogP contribution in [-0.4, -0.2) is 58.2 Å². The molecule has 0 bridgehead atoms. The summed E-state index contributed by atoms with van der Waals surface area (Å²) in [4.78, 5) is 34.7. The average Bonchev–Trinajstić information content (AvgIpc) is 3.08. The van der Waals surface area contributed by atoms with Crippen LogP contribution in [0.4, 0.5) is 10.7 Å². The highest BCUT2D eigenvalue weighted by Crippen LogP contribution is 2.22. The van der Waals surface area contributed by atoms with Gasteiger partial charge in [0, 0.05) is 32.2 Å². The number of carbonyl (C=O) groups is 3. The molecule has 0 atom stereocenters. The molecular formula is C19H26N5O6-3. The zero-order valence-corrected chi connectivity index (χ0v) is 17.0. The highest BCUT2D eigenvalue weighted by Gasteiger charge is 2.21. The second kappa shape index (κ2) is 12.3. The largest absolute Gasteiger partial charge is 0.543 e.